The van der Waals surface area contributed by atoms with Crippen molar-refractivity contribution >= 4 is 11.9 Å². The number of nitrogens with one attached hydrogen (secondary N) is 1. The van der Waals surface area contributed by atoms with Crippen LogP contribution in [0.3, 0.4) is 0 Å². The van der Waals surface area contributed by atoms with Crippen LogP contribution >= 0.6 is 0 Å². The second-order valence-corrected chi connectivity index (χ2v) is 6.10. The zero-order valence-corrected chi connectivity index (χ0v) is 12.1. The molecule has 0 aromatic heterocycles. The van der Waals surface area contributed by atoms with E-state index in [0.29, 0.717) is 24.9 Å². The molecule has 3 rings (SSSR count). The number of hydrogen-bond acceptors (Lipinski definition) is 5. The van der Waals surface area contributed by atoms with Gasteiger partial charge in [-0.1, -0.05) is 12.8 Å². The Kier molecular flexibility index (Phi) is 5.55. The third-order valence-corrected chi connectivity index (χ3v) is 4.67. The first kappa shape index (κ1) is 16.2. The number of aliphatic carboxylic acids is 2. The monoisotopic (exact) mass is 300 g/mol. The number of carboxylic acids is 2. The number of carboxylic acid groups (broad SMARTS) is 2. The number of rotatable bonds is 2. The van der Waals surface area contributed by atoms with E-state index in [1.807, 2.05) is 0 Å². The summed E-state index contributed by atoms with van der Waals surface area (Å²) in [7, 11) is 0. The van der Waals surface area contributed by atoms with Crippen LogP contribution in [0.15, 0.2) is 0 Å². The summed E-state index contributed by atoms with van der Waals surface area (Å²) in [5.41, 5.74) is 0. The second-order valence-electron chi connectivity index (χ2n) is 6.10. The minimum absolute atomic E-state index is 0.266. The van der Waals surface area contributed by atoms with Crippen molar-refractivity contribution in [3.63, 3.8) is 0 Å². The molecule has 21 heavy (non-hydrogen) atoms. The van der Waals surface area contributed by atoms with Gasteiger partial charge in [-0.3, -0.25) is 9.59 Å². The molecule has 3 aliphatic rings. The molecule has 120 valence electrons. The quantitative estimate of drug-likeness (QED) is 0.600. The second kappa shape index (κ2) is 7.20. The first-order valence-corrected chi connectivity index (χ1v) is 7.66. The van der Waals surface area contributed by atoms with Crippen LogP contribution < -0.4 is 5.32 Å². The highest BCUT2D eigenvalue weighted by Gasteiger charge is 2.37. The number of hydroxylamine groups is 2. The predicted molar refractivity (Wildman–Crippen MR) is 74.1 cm³/mol. The summed E-state index contributed by atoms with van der Waals surface area (Å²) in [6.45, 7) is 0.483. The zero-order chi connectivity index (χ0) is 15.4. The molecule has 0 amide bonds. The molecule has 0 spiro atoms. The van der Waals surface area contributed by atoms with Crippen LogP contribution in [0, 0.1) is 5.92 Å². The molecule has 4 atom stereocenters. The van der Waals surface area contributed by atoms with E-state index in [9.17, 15) is 9.59 Å². The summed E-state index contributed by atoms with van der Waals surface area (Å²) in [6, 6.07) is -0.428. The summed E-state index contributed by atoms with van der Waals surface area (Å²) >= 11 is 0. The summed E-state index contributed by atoms with van der Waals surface area (Å²) in [5, 5.41) is 30.1. The molecule has 2 heterocycles. The standard InChI is InChI=1S/C9H15NO2.C5H9NO3/c11-9(12)8-5-6-3-1-2-4-7(6)10-8;7-5(8)4-2-1-3-6(4)9/h6-8,10H,1-5H2,(H,11,12);4,9H,1-3H2,(H,7,8)/t;4-/m.0/s1. The largest absolute Gasteiger partial charge is 0.480 e. The molecule has 0 radical (unpaired) electrons. The van der Waals surface area contributed by atoms with Crippen LogP contribution in [0.5, 0.6) is 0 Å². The van der Waals surface area contributed by atoms with Crippen molar-refractivity contribution in [2.24, 2.45) is 5.92 Å². The topological polar surface area (TPSA) is 110 Å². The van der Waals surface area contributed by atoms with Crippen molar-refractivity contribution in [3.05, 3.63) is 0 Å². The number of nitrogens with zero attached hydrogens (tertiary/aromatic N) is 1. The highest BCUT2D eigenvalue weighted by atomic mass is 16.5. The molecular weight excluding hydrogens is 276 g/mol. The van der Waals surface area contributed by atoms with E-state index >= 15 is 0 Å². The average molecular weight is 300 g/mol. The van der Waals surface area contributed by atoms with Crippen LogP contribution in [0.25, 0.3) is 0 Å². The molecule has 2 aliphatic heterocycles. The summed E-state index contributed by atoms with van der Waals surface area (Å²) in [5.74, 6) is -0.973. The van der Waals surface area contributed by atoms with Crippen molar-refractivity contribution in [3.8, 4) is 0 Å². The molecule has 3 unspecified atom stereocenters. The van der Waals surface area contributed by atoms with Crippen molar-refractivity contribution in [2.45, 2.75) is 63.1 Å². The predicted octanol–water partition coefficient (Wildman–Crippen LogP) is 0.916. The van der Waals surface area contributed by atoms with Crippen molar-refractivity contribution in [1.29, 1.82) is 0 Å². The van der Waals surface area contributed by atoms with Gasteiger partial charge in [0.05, 0.1) is 0 Å². The lowest BCUT2D eigenvalue weighted by Crippen LogP contribution is -2.36. The smallest absolute Gasteiger partial charge is 0.323 e. The van der Waals surface area contributed by atoms with E-state index < -0.39 is 18.0 Å². The van der Waals surface area contributed by atoms with E-state index in [2.05, 4.69) is 5.32 Å². The minimum atomic E-state index is -0.935. The Morgan fingerprint density at radius 2 is 1.71 bits per heavy atom. The Hall–Kier alpha value is -1.18. The Labute approximate surface area is 123 Å². The van der Waals surface area contributed by atoms with E-state index in [-0.39, 0.29) is 6.04 Å². The van der Waals surface area contributed by atoms with Crippen LogP contribution in [-0.2, 0) is 9.59 Å². The van der Waals surface area contributed by atoms with Crippen LogP contribution in [0.1, 0.15) is 44.9 Å². The maximum absolute atomic E-state index is 10.7. The van der Waals surface area contributed by atoms with Gasteiger partial charge >= 0.3 is 11.9 Å². The zero-order valence-electron chi connectivity index (χ0n) is 12.1. The van der Waals surface area contributed by atoms with Crippen LogP contribution in [0.4, 0.5) is 0 Å². The molecule has 1 saturated carbocycles. The third-order valence-electron chi connectivity index (χ3n) is 4.67. The van der Waals surface area contributed by atoms with Crippen molar-refractivity contribution < 1.29 is 25.0 Å². The van der Waals surface area contributed by atoms with Gasteiger partial charge in [0.1, 0.15) is 12.1 Å². The van der Waals surface area contributed by atoms with Crippen molar-refractivity contribution in [2.75, 3.05) is 6.54 Å². The number of carbonyl (C=O) groups is 2. The molecule has 0 aromatic rings. The van der Waals surface area contributed by atoms with Gasteiger partial charge in [0.25, 0.3) is 0 Å². The van der Waals surface area contributed by atoms with Gasteiger partial charge in [0.2, 0.25) is 0 Å². The average Bonchev–Trinajstić information content (AvgIpc) is 3.04. The van der Waals surface area contributed by atoms with Gasteiger partial charge < -0.3 is 20.7 Å². The fraction of sp³-hybridized carbons (Fsp3) is 0.857. The Morgan fingerprint density at radius 1 is 1.00 bits per heavy atom. The lowest BCUT2D eigenvalue weighted by Gasteiger charge is -2.24. The molecule has 7 nitrogen and oxygen atoms in total. The lowest BCUT2D eigenvalue weighted by atomic mass is 9.85. The minimum Gasteiger partial charge on any atom is -0.480 e. The van der Waals surface area contributed by atoms with Gasteiger partial charge in [-0.05, 0) is 38.0 Å². The first-order chi connectivity index (χ1) is 9.99. The van der Waals surface area contributed by atoms with Crippen LogP contribution in [0.2, 0.25) is 0 Å². The normalized spacial score (nSPS) is 35.7. The van der Waals surface area contributed by atoms with E-state index in [4.69, 9.17) is 15.4 Å². The Morgan fingerprint density at radius 3 is 2.19 bits per heavy atom. The molecule has 0 bridgehead atoms. The summed E-state index contributed by atoms with van der Waals surface area (Å²) in [4.78, 5) is 20.9. The first-order valence-electron chi connectivity index (χ1n) is 7.66. The molecule has 0 aromatic carbocycles. The highest BCUT2D eigenvalue weighted by Crippen LogP contribution is 2.33. The third kappa shape index (κ3) is 4.15. The maximum Gasteiger partial charge on any atom is 0.323 e. The van der Waals surface area contributed by atoms with Crippen molar-refractivity contribution in [1.82, 2.24) is 10.4 Å². The Balaban J connectivity index is 0.000000161. The SMILES string of the molecule is O=C(O)C1CC2CCCCC2N1.O=C(O)[C@@H]1CCCN1O. The molecule has 3 fully saturated rings. The van der Waals surface area contributed by atoms with E-state index in [1.165, 1.54) is 25.7 Å². The molecule has 2 saturated heterocycles. The van der Waals surface area contributed by atoms with Gasteiger partial charge in [-0.2, -0.15) is 5.06 Å². The van der Waals surface area contributed by atoms with E-state index in [0.717, 1.165) is 17.9 Å². The van der Waals surface area contributed by atoms with Gasteiger partial charge in [-0.15, -0.1) is 0 Å². The van der Waals surface area contributed by atoms with Gasteiger partial charge in [0, 0.05) is 12.6 Å². The lowest BCUT2D eigenvalue weighted by molar-refractivity contribution is -0.161. The van der Waals surface area contributed by atoms with Crippen LogP contribution in [-0.4, -0.2) is 57.1 Å². The maximum atomic E-state index is 10.7. The molecule has 1 aliphatic carbocycles. The Bertz CT molecular complexity index is 376. The van der Waals surface area contributed by atoms with E-state index in [1.54, 1.807) is 0 Å². The van der Waals surface area contributed by atoms with Gasteiger partial charge in [-0.25, -0.2) is 0 Å². The van der Waals surface area contributed by atoms with Gasteiger partial charge in [0.15, 0.2) is 0 Å². The summed E-state index contributed by atoms with van der Waals surface area (Å²) in [6.07, 6.45) is 7.13. The molecule has 4 N–H and O–H groups in total. The number of hydrogen-bond donors (Lipinski definition) is 4. The molecular formula is C14H24N2O5. The molecule has 7 heteroatoms. The highest BCUT2D eigenvalue weighted by molar-refractivity contribution is 5.74. The number of fused-ring (bicyclic) bond motifs is 1. The fourth-order valence-corrected chi connectivity index (χ4v) is 3.51. The summed E-state index contributed by atoms with van der Waals surface area (Å²) < 4.78 is 0. The fourth-order valence-electron chi connectivity index (χ4n) is 3.51.